The number of para-hydroxylation sites is 3. The maximum Gasteiger partial charge on any atom is 0.213 e. The fourth-order valence-corrected chi connectivity index (χ4v) is 7.10. The molecule has 0 aliphatic rings. The maximum atomic E-state index is 6.47. The third-order valence-corrected chi connectivity index (χ3v) is 9.71. The second-order valence-corrected chi connectivity index (χ2v) is 12.9. The standard InChI is InChI=1S/C47H30N4O/c1-3-11-31(12-4-1)33-19-25-36(26-20-33)44-48-45(37-27-21-34(22-28-37)32-13-5-2-6-14-32)50-46(49-44)38-29-23-35(24-30-38)43-39-15-7-8-16-40(39)51-41-17-9-10-18-42(41)52-47(43)51/h1-30H. The Hall–Kier alpha value is -7.11. The summed E-state index contributed by atoms with van der Waals surface area (Å²) in [6.45, 7) is 0. The van der Waals surface area contributed by atoms with Gasteiger partial charge in [-0.05, 0) is 46.0 Å². The molecule has 0 radical (unpaired) electrons. The predicted molar refractivity (Wildman–Crippen MR) is 211 cm³/mol. The first-order valence-electron chi connectivity index (χ1n) is 17.4. The molecule has 0 atom stereocenters. The van der Waals surface area contributed by atoms with Crippen LogP contribution in [-0.2, 0) is 0 Å². The largest absolute Gasteiger partial charge is 0.438 e. The van der Waals surface area contributed by atoms with Crippen molar-refractivity contribution in [3.63, 3.8) is 0 Å². The minimum Gasteiger partial charge on any atom is -0.438 e. The van der Waals surface area contributed by atoms with Crippen molar-refractivity contribution in [1.82, 2.24) is 19.4 Å². The second kappa shape index (κ2) is 12.3. The number of hydrogen-bond acceptors (Lipinski definition) is 4. The number of hydrogen-bond donors (Lipinski definition) is 0. The Labute approximate surface area is 300 Å². The third-order valence-electron chi connectivity index (χ3n) is 9.71. The zero-order valence-corrected chi connectivity index (χ0v) is 28.0. The lowest BCUT2D eigenvalue weighted by Gasteiger charge is -2.10. The number of aromatic nitrogens is 4. The lowest BCUT2D eigenvalue weighted by atomic mass is 10.0. The molecule has 244 valence electrons. The van der Waals surface area contributed by atoms with Crippen LogP contribution >= 0.6 is 0 Å². The van der Waals surface area contributed by atoms with Crippen LogP contribution in [0.2, 0.25) is 0 Å². The molecule has 52 heavy (non-hydrogen) atoms. The molecule has 5 nitrogen and oxygen atoms in total. The first-order valence-corrected chi connectivity index (χ1v) is 17.4. The van der Waals surface area contributed by atoms with Crippen molar-refractivity contribution in [1.29, 1.82) is 0 Å². The van der Waals surface area contributed by atoms with Gasteiger partial charge in [-0.1, -0.05) is 164 Å². The van der Waals surface area contributed by atoms with Crippen LogP contribution in [0.4, 0.5) is 0 Å². The van der Waals surface area contributed by atoms with E-state index in [-0.39, 0.29) is 0 Å². The molecular weight excluding hydrogens is 637 g/mol. The molecule has 7 aromatic carbocycles. The third kappa shape index (κ3) is 5.15. The molecule has 3 aromatic heterocycles. The Balaban J connectivity index is 1.08. The molecule has 0 spiro atoms. The molecule has 0 saturated heterocycles. The van der Waals surface area contributed by atoms with Gasteiger partial charge in [0.05, 0.1) is 16.6 Å². The summed E-state index contributed by atoms with van der Waals surface area (Å²) in [5.74, 6) is 1.86. The molecule has 0 unspecified atom stereocenters. The highest BCUT2D eigenvalue weighted by atomic mass is 16.3. The van der Waals surface area contributed by atoms with Gasteiger partial charge in [0, 0.05) is 22.1 Å². The maximum absolute atomic E-state index is 6.47. The molecule has 10 rings (SSSR count). The molecule has 0 bridgehead atoms. The van der Waals surface area contributed by atoms with Crippen molar-refractivity contribution in [2.24, 2.45) is 0 Å². The van der Waals surface area contributed by atoms with E-state index in [1.807, 2.05) is 30.3 Å². The smallest absolute Gasteiger partial charge is 0.213 e. The van der Waals surface area contributed by atoms with E-state index in [1.54, 1.807) is 0 Å². The Morgan fingerprint density at radius 2 is 0.712 bits per heavy atom. The van der Waals surface area contributed by atoms with Gasteiger partial charge in [0.2, 0.25) is 5.71 Å². The monoisotopic (exact) mass is 666 g/mol. The van der Waals surface area contributed by atoms with Gasteiger partial charge in [-0.2, -0.15) is 0 Å². The average molecular weight is 667 g/mol. The molecular formula is C47H30N4O. The van der Waals surface area contributed by atoms with E-state index in [9.17, 15) is 0 Å². The number of nitrogens with zero attached hydrogens (tertiary/aromatic N) is 4. The molecule has 0 amide bonds. The minimum atomic E-state index is 0.612. The average Bonchev–Trinajstić information content (AvgIpc) is 3.76. The first-order chi connectivity index (χ1) is 25.8. The molecule has 10 aromatic rings. The van der Waals surface area contributed by atoms with Crippen LogP contribution in [0.25, 0.3) is 95.3 Å². The number of oxazole rings is 1. The van der Waals surface area contributed by atoms with E-state index in [1.165, 1.54) is 11.1 Å². The van der Waals surface area contributed by atoms with Crippen LogP contribution in [0.1, 0.15) is 0 Å². The van der Waals surface area contributed by atoms with Crippen LogP contribution in [0.3, 0.4) is 0 Å². The Morgan fingerprint density at radius 3 is 1.23 bits per heavy atom. The highest BCUT2D eigenvalue weighted by Crippen LogP contribution is 2.39. The lowest BCUT2D eigenvalue weighted by molar-refractivity contribution is 0.658. The van der Waals surface area contributed by atoms with E-state index in [2.05, 4.69) is 156 Å². The van der Waals surface area contributed by atoms with Gasteiger partial charge in [-0.3, -0.25) is 4.40 Å². The molecule has 0 fully saturated rings. The van der Waals surface area contributed by atoms with Crippen LogP contribution in [0.5, 0.6) is 0 Å². The zero-order chi connectivity index (χ0) is 34.4. The second-order valence-electron chi connectivity index (χ2n) is 12.9. The van der Waals surface area contributed by atoms with Gasteiger partial charge in [-0.25, -0.2) is 15.0 Å². The van der Waals surface area contributed by atoms with E-state index in [0.717, 1.165) is 66.7 Å². The number of rotatable bonds is 6. The van der Waals surface area contributed by atoms with Crippen molar-refractivity contribution in [2.45, 2.75) is 0 Å². The molecule has 5 heteroatoms. The van der Waals surface area contributed by atoms with Crippen molar-refractivity contribution in [3.05, 3.63) is 182 Å². The van der Waals surface area contributed by atoms with Crippen molar-refractivity contribution in [2.75, 3.05) is 0 Å². The summed E-state index contributed by atoms with van der Waals surface area (Å²) in [5.41, 5.74) is 13.4. The summed E-state index contributed by atoms with van der Waals surface area (Å²) < 4.78 is 8.68. The summed E-state index contributed by atoms with van der Waals surface area (Å²) in [6.07, 6.45) is 0. The van der Waals surface area contributed by atoms with Crippen molar-refractivity contribution < 1.29 is 4.42 Å². The van der Waals surface area contributed by atoms with Crippen LogP contribution in [-0.4, -0.2) is 19.4 Å². The summed E-state index contributed by atoms with van der Waals surface area (Å²) in [5, 5.41) is 1.14. The van der Waals surface area contributed by atoms with E-state index < -0.39 is 0 Å². The van der Waals surface area contributed by atoms with Crippen LogP contribution < -0.4 is 0 Å². The van der Waals surface area contributed by atoms with Gasteiger partial charge in [0.1, 0.15) is 0 Å². The summed E-state index contributed by atoms with van der Waals surface area (Å²) in [6, 6.07) is 62.7. The highest BCUT2D eigenvalue weighted by Gasteiger charge is 2.20. The zero-order valence-electron chi connectivity index (χ0n) is 28.0. The quantitative estimate of drug-likeness (QED) is 0.177. The fraction of sp³-hybridized carbons (Fsp3) is 0. The van der Waals surface area contributed by atoms with Gasteiger partial charge in [0.15, 0.2) is 23.1 Å². The molecule has 3 heterocycles. The van der Waals surface area contributed by atoms with E-state index in [4.69, 9.17) is 19.4 Å². The molecule has 0 saturated carbocycles. The Kier molecular flexibility index (Phi) is 7.07. The van der Waals surface area contributed by atoms with Crippen LogP contribution in [0, 0.1) is 0 Å². The van der Waals surface area contributed by atoms with Gasteiger partial charge >= 0.3 is 0 Å². The summed E-state index contributed by atoms with van der Waals surface area (Å²) >= 11 is 0. The predicted octanol–water partition coefficient (Wildman–Crippen LogP) is 12.0. The van der Waals surface area contributed by atoms with Crippen molar-refractivity contribution in [3.8, 4) is 67.5 Å². The van der Waals surface area contributed by atoms with Gasteiger partial charge in [0.25, 0.3) is 0 Å². The summed E-state index contributed by atoms with van der Waals surface area (Å²) in [4.78, 5) is 15.1. The fourth-order valence-electron chi connectivity index (χ4n) is 7.10. The Bertz CT molecular complexity index is 2750. The molecule has 0 aliphatic carbocycles. The van der Waals surface area contributed by atoms with E-state index in [0.29, 0.717) is 17.5 Å². The molecule has 0 N–H and O–H groups in total. The van der Waals surface area contributed by atoms with Gasteiger partial charge < -0.3 is 4.42 Å². The summed E-state index contributed by atoms with van der Waals surface area (Å²) in [7, 11) is 0. The minimum absolute atomic E-state index is 0.612. The highest BCUT2D eigenvalue weighted by molar-refractivity contribution is 6.07. The first kappa shape index (κ1) is 29.8. The SMILES string of the molecule is c1ccc(-c2ccc(-c3nc(-c4ccc(-c5ccccc5)cc4)nc(-c4ccc(-c5c6ccccc6n6c5oc5ccccc56)cc4)n3)cc2)cc1. The number of benzene rings is 7. The Morgan fingerprint density at radius 1 is 0.327 bits per heavy atom. The topological polar surface area (TPSA) is 56.2 Å². The number of fused-ring (bicyclic) bond motifs is 5. The van der Waals surface area contributed by atoms with E-state index >= 15 is 0 Å². The normalized spacial score (nSPS) is 11.5. The lowest BCUT2D eigenvalue weighted by Crippen LogP contribution is -2.00. The molecule has 0 aliphatic heterocycles. The van der Waals surface area contributed by atoms with Crippen molar-refractivity contribution >= 4 is 27.7 Å². The van der Waals surface area contributed by atoms with Crippen LogP contribution in [0.15, 0.2) is 186 Å². The van der Waals surface area contributed by atoms with Gasteiger partial charge in [-0.15, -0.1) is 0 Å².